The van der Waals surface area contributed by atoms with E-state index in [2.05, 4.69) is 26.3 Å². The van der Waals surface area contributed by atoms with E-state index in [0.717, 1.165) is 53.2 Å². The molecule has 2 aromatic heterocycles. The van der Waals surface area contributed by atoms with Gasteiger partial charge in [0, 0.05) is 30.6 Å². The Bertz CT molecular complexity index is 1290. The molecule has 0 radical (unpaired) electrons. The van der Waals surface area contributed by atoms with Crippen LogP contribution in [0, 0.1) is 0 Å². The monoisotopic (exact) mass is 444 g/mol. The van der Waals surface area contributed by atoms with E-state index in [0.29, 0.717) is 18.5 Å². The van der Waals surface area contributed by atoms with Crippen LogP contribution in [0.15, 0.2) is 30.6 Å². The first kappa shape index (κ1) is 20.0. The lowest BCUT2D eigenvalue weighted by Crippen LogP contribution is -2.52. The van der Waals surface area contributed by atoms with E-state index in [9.17, 15) is 14.4 Å². The zero-order chi connectivity index (χ0) is 22.5. The molecule has 33 heavy (non-hydrogen) atoms. The number of pyridine rings is 1. The summed E-state index contributed by atoms with van der Waals surface area (Å²) in [6.45, 7) is 3.38. The Morgan fingerprint density at radius 2 is 1.94 bits per heavy atom. The minimum atomic E-state index is -0.613. The second-order valence-corrected chi connectivity index (χ2v) is 9.02. The number of piperidine rings is 1. The van der Waals surface area contributed by atoms with Crippen LogP contribution < -0.4 is 5.32 Å². The molecule has 1 atom stereocenters. The Kier molecular flexibility index (Phi) is 4.72. The van der Waals surface area contributed by atoms with Gasteiger partial charge in [0.15, 0.2) is 5.65 Å². The quantitative estimate of drug-likeness (QED) is 0.596. The van der Waals surface area contributed by atoms with E-state index in [1.165, 1.54) is 12.8 Å². The lowest BCUT2D eigenvalue weighted by atomic mass is 10.0. The maximum Gasteiger partial charge on any atom is 0.255 e. The number of likely N-dealkylation sites (tertiary alicyclic amines) is 1. The van der Waals surface area contributed by atoms with Gasteiger partial charge in [-0.3, -0.25) is 24.6 Å². The summed E-state index contributed by atoms with van der Waals surface area (Å²) in [6.07, 6.45) is 4.73. The van der Waals surface area contributed by atoms with Crippen LogP contribution in [0.3, 0.4) is 0 Å². The predicted molar refractivity (Wildman–Crippen MR) is 120 cm³/mol. The van der Waals surface area contributed by atoms with Gasteiger partial charge in [0.2, 0.25) is 11.8 Å². The Labute approximate surface area is 190 Å². The number of aromatic nitrogens is 3. The van der Waals surface area contributed by atoms with Gasteiger partial charge in [-0.1, -0.05) is 6.07 Å². The van der Waals surface area contributed by atoms with Crippen LogP contribution in [0.4, 0.5) is 0 Å². The number of nitrogens with zero attached hydrogens (tertiary/aromatic N) is 4. The van der Waals surface area contributed by atoms with Crippen molar-refractivity contribution in [3.8, 4) is 11.3 Å². The Morgan fingerprint density at radius 3 is 2.76 bits per heavy atom. The molecule has 1 aromatic carbocycles. The van der Waals surface area contributed by atoms with Crippen molar-refractivity contribution in [3.05, 3.63) is 47.3 Å². The fourth-order valence-corrected chi connectivity index (χ4v) is 5.18. The first-order valence-electron chi connectivity index (χ1n) is 11.4. The van der Waals surface area contributed by atoms with Gasteiger partial charge in [-0.2, -0.15) is 0 Å². The maximum absolute atomic E-state index is 13.0. The summed E-state index contributed by atoms with van der Waals surface area (Å²) in [5.74, 6) is -0.851. The number of carbonyl (C=O) groups excluding carboxylic acids is 3. The number of rotatable bonds is 4. The van der Waals surface area contributed by atoms with Gasteiger partial charge in [0.25, 0.3) is 5.91 Å². The van der Waals surface area contributed by atoms with Crippen molar-refractivity contribution in [2.24, 2.45) is 0 Å². The number of benzene rings is 1. The molecule has 9 heteroatoms. The lowest BCUT2D eigenvalue weighted by molar-refractivity contribution is -0.136. The van der Waals surface area contributed by atoms with Crippen molar-refractivity contribution in [1.82, 2.24) is 30.1 Å². The van der Waals surface area contributed by atoms with Crippen LogP contribution in [-0.4, -0.2) is 61.6 Å². The third-order valence-corrected chi connectivity index (χ3v) is 6.88. The summed E-state index contributed by atoms with van der Waals surface area (Å²) in [6, 6.07) is 7.20. The predicted octanol–water partition coefficient (Wildman–Crippen LogP) is 1.98. The normalized spacial score (nSPS) is 21.2. The Hall–Kier alpha value is -3.59. The fraction of sp³-hybridized carbons (Fsp3) is 0.375. The van der Waals surface area contributed by atoms with E-state index < -0.39 is 11.9 Å². The first-order chi connectivity index (χ1) is 16.1. The molecule has 3 aromatic rings. The second kappa shape index (κ2) is 7.77. The van der Waals surface area contributed by atoms with E-state index >= 15 is 0 Å². The van der Waals surface area contributed by atoms with Crippen LogP contribution in [0.25, 0.3) is 22.4 Å². The highest BCUT2D eigenvalue weighted by Crippen LogP contribution is 2.32. The number of amides is 3. The number of fused-ring (bicyclic) bond motifs is 2. The van der Waals surface area contributed by atoms with Crippen molar-refractivity contribution < 1.29 is 14.4 Å². The number of H-pyrrole nitrogens is 1. The number of imidazole rings is 1. The largest absolute Gasteiger partial charge is 0.329 e. The second-order valence-electron chi connectivity index (χ2n) is 9.02. The zero-order valence-electron chi connectivity index (χ0n) is 18.1. The molecule has 3 aliphatic rings. The molecular weight excluding hydrogens is 420 g/mol. The minimum absolute atomic E-state index is 0.169. The lowest BCUT2D eigenvalue weighted by Gasteiger charge is -2.29. The average molecular weight is 444 g/mol. The molecule has 0 bridgehead atoms. The van der Waals surface area contributed by atoms with Gasteiger partial charge in [0.05, 0.1) is 12.0 Å². The summed E-state index contributed by atoms with van der Waals surface area (Å²) in [7, 11) is 0. The van der Waals surface area contributed by atoms with Gasteiger partial charge in [-0.15, -0.1) is 0 Å². The molecule has 1 unspecified atom stereocenters. The Morgan fingerprint density at radius 1 is 1.09 bits per heavy atom. The van der Waals surface area contributed by atoms with Gasteiger partial charge in [0.1, 0.15) is 11.6 Å². The zero-order valence-corrected chi connectivity index (χ0v) is 18.1. The Balaban J connectivity index is 1.32. The molecule has 0 spiro atoms. The molecule has 9 nitrogen and oxygen atoms in total. The summed E-state index contributed by atoms with van der Waals surface area (Å²) in [4.78, 5) is 53.2. The molecule has 3 amide bonds. The molecule has 168 valence electrons. The molecular formula is C24H24N6O3. The van der Waals surface area contributed by atoms with Gasteiger partial charge in [-0.05, 0) is 61.7 Å². The van der Waals surface area contributed by atoms with Gasteiger partial charge >= 0.3 is 0 Å². The van der Waals surface area contributed by atoms with Crippen LogP contribution in [0.2, 0.25) is 0 Å². The van der Waals surface area contributed by atoms with Crippen molar-refractivity contribution in [1.29, 1.82) is 0 Å². The maximum atomic E-state index is 13.0. The van der Waals surface area contributed by atoms with Gasteiger partial charge in [-0.25, -0.2) is 9.97 Å². The highest BCUT2D eigenvalue weighted by atomic mass is 16.2. The van der Waals surface area contributed by atoms with Crippen molar-refractivity contribution >= 4 is 28.9 Å². The van der Waals surface area contributed by atoms with Crippen LogP contribution in [0.5, 0.6) is 0 Å². The van der Waals surface area contributed by atoms with Crippen LogP contribution in [-0.2, 0) is 22.7 Å². The number of imide groups is 1. The van der Waals surface area contributed by atoms with E-state index in [1.54, 1.807) is 11.2 Å². The SMILES string of the molecule is O=C1CCC(N2Cc3cc(-c4cc(CN5CCCC5)c5nc[nH]c5n4)ccc3C2=O)C(=O)N1. The van der Waals surface area contributed by atoms with E-state index in [-0.39, 0.29) is 18.2 Å². The first-order valence-corrected chi connectivity index (χ1v) is 11.4. The number of hydrogen-bond acceptors (Lipinski definition) is 6. The topological polar surface area (TPSA) is 111 Å². The summed E-state index contributed by atoms with van der Waals surface area (Å²) < 4.78 is 0. The highest BCUT2D eigenvalue weighted by Gasteiger charge is 2.39. The molecule has 2 fully saturated rings. The van der Waals surface area contributed by atoms with E-state index in [4.69, 9.17) is 4.98 Å². The highest BCUT2D eigenvalue weighted by molar-refractivity contribution is 6.05. The fourth-order valence-electron chi connectivity index (χ4n) is 5.18. The summed E-state index contributed by atoms with van der Waals surface area (Å²) in [5.41, 5.74) is 6.01. The number of hydrogen-bond donors (Lipinski definition) is 2. The average Bonchev–Trinajstić information content (AvgIpc) is 3.54. The van der Waals surface area contributed by atoms with Crippen LogP contribution >= 0.6 is 0 Å². The van der Waals surface area contributed by atoms with Crippen molar-refractivity contribution in [3.63, 3.8) is 0 Å². The standard InChI is InChI=1S/C24H24N6O3/c31-20-6-5-19(23(32)28-20)30-12-15-9-14(3-4-17(15)24(30)33)18-10-16(11-29-7-1-2-8-29)21-22(27-18)26-13-25-21/h3-4,9-10,13,19H,1-2,5-8,11-12H2,(H,25,26,27)(H,28,31,32). The molecule has 6 rings (SSSR count). The van der Waals surface area contributed by atoms with Crippen molar-refractivity contribution in [2.45, 2.75) is 44.8 Å². The van der Waals surface area contributed by atoms with Crippen LogP contribution in [0.1, 0.15) is 47.2 Å². The number of aromatic amines is 1. The molecule has 2 N–H and O–H groups in total. The third-order valence-electron chi connectivity index (χ3n) is 6.88. The third kappa shape index (κ3) is 3.48. The molecule has 0 saturated carbocycles. The molecule has 2 saturated heterocycles. The molecule has 3 aliphatic heterocycles. The van der Waals surface area contributed by atoms with Gasteiger partial charge < -0.3 is 9.88 Å². The number of nitrogens with one attached hydrogen (secondary N) is 2. The summed E-state index contributed by atoms with van der Waals surface area (Å²) in [5, 5.41) is 2.35. The molecule has 5 heterocycles. The smallest absolute Gasteiger partial charge is 0.255 e. The number of carbonyl (C=O) groups is 3. The van der Waals surface area contributed by atoms with E-state index in [1.807, 2.05) is 18.2 Å². The summed E-state index contributed by atoms with van der Waals surface area (Å²) >= 11 is 0. The molecule has 0 aliphatic carbocycles. The van der Waals surface area contributed by atoms with Crippen molar-refractivity contribution in [2.75, 3.05) is 13.1 Å². The minimum Gasteiger partial charge on any atom is -0.329 e.